The Bertz CT molecular complexity index is 406. The van der Waals surface area contributed by atoms with E-state index in [9.17, 15) is 4.79 Å². The Balaban J connectivity index is 1.84. The van der Waals surface area contributed by atoms with Gasteiger partial charge < -0.3 is 4.74 Å². The van der Waals surface area contributed by atoms with Gasteiger partial charge in [0.2, 0.25) is 0 Å². The standard InChI is InChI=1S/C14H19BrO2S/c1-9-5-10(2)7-11(6-9)17-8-13(16)14-12(15)3-4-18-14/h3-4,9-11H,5-8H2,1-2H3. The van der Waals surface area contributed by atoms with Crippen LogP contribution >= 0.6 is 27.3 Å². The van der Waals surface area contributed by atoms with Crippen molar-refractivity contribution in [2.24, 2.45) is 11.8 Å². The number of ketones is 1. The van der Waals surface area contributed by atoms with Crippen molar-refractivity contribution in [1.29, 1.82) is 0 Å². The summed E-state index contributed by atoms with van der Waals surface area (Å²) in [6, 6.07) is 1.91. The molecule has 1 saturated carbocycles. The van der Waals surface area contributed by atoms with Gasteiger partial charge in [0.15, 0.2) is 5.78 Å². The topological polar surface area (TPSA) is 26.3 Å². The number of thiophene rings is 1. The summed E-state index contributed by atoms with van der Waals surface area (Å²) in [6.07, 6.45) is 3.71. The van der Waals surface area contributed by atoms with E-state index in [0.29, 0.717) is 11.8 Å². The molecule has 1 aromatic rings. The number of halogens is 1. The summed E-state index contributed by atoms with van der Waals surface area (Å²) >= 11 is 4.85. The minimum absolute atomic E-state index is 0.0859. The second-order valence-corrected chi connectivity index (χ2v) is 7.14. The molecule has 0 aromatic carbocycles. The quantitative estimate of drug-likeness (QED) is 0.758. The maximum atomic E-state index is 12.0. The molecule has 0 N–H and O–H groups in total. The van der Waals surface area contributed by atoms with Crippen molar-refractivity contribution in [3.63, 3.8) is 0 Å². The number of carbonyl (C=O) groups excluding carboxylic acids is 1. The maximum absolute atomic E-state index is 12.0. The van der Waals surface area contributed by atoms with Gasteiger partial charge >= 0.3 is 0 Å². The molecule has 2 unspecified atom stereocenters. The summed E-state index contributed by atoms with van der Waals surface area (Å²) in [5, 5.41) is 1.92. The van der Waals surface area contributed by atoms with Crippen LogP contribution in [-0.2, 0) is 4.74 Å². The second kappa shape index (κ2) is 6.31. The number of carbonyl (C=O) groups is 1. The van der Waals surface area contributed by atoms with Crippen molar-refractivity contribution in [1.82, 2.24) is 0 Å². The number of hydrogen-bond donors (Lipinski definition) is 0. The Labute approximate surface area is 121 Å². The maximum Gasteiger partial charge on any atom is 0.199 e. The molecule has 1 fully saturated rings. The van der Waals surface area contributed by atoms with E-state index in [1.165, 1.54) is 17.8 Å². The summed E-state index contributed by atoms with van der Waals surface area (Å²) in [4.78, 5) is 12.8. The molecule has 0 aliphatic heterocycles. The lowest BCUT2D eigenvalue weighted by atomic mass is 9.82. The van der Waals surface area contributed by atoms with Crippen LogP contribution in [0.4, 0.5) is 0 Å². The fourth-order valence-corrected chi connectivity index (χ4v) is 4.28. The first-order valence-corrected chi connectivity index (χ1v) is 8.11. The van der Waals surface area contributed by atoms with Crippen LogP contribution in [0.2, 0.25) is 0 Å². The zero-order chi connectivity index (χ0) is 13.1. The van der Waals surface area contributed by atoms with Crippen molar-refractivity contribution in [2.45, 2.75) is 39.2 Å². The minimum Gasteiger partial charge on any atom is -0.370 e. The van der Waals surface area contributed by atoms with E-state index < -0.39 is 0 Å². The highest BCUT2D eigenvalue weighted by atomic mass is 79.9. The van der Waals surface area contributed by atoms with Gasteiger partial charge in [0.25, 0.3) is 0 Å². The zero-order valence-electron chi connectivity index (χ0n) is 10.8. The molecule has 2 rings (SSSR count). The molecule has 2 atom stereocenters. The lowest BCUT2D eigenvalue weighted by Gasteiger charge is -2.31. The molecular formula is C14H19BrO2S. The van der Waals surface area contributed by atoms with Crippen LogP contribution in [0.1, 0.15) is 42.8 Å². The van der Waals surface area contributed by atoms with Gasteiger partial charge in [0.05, 0.1) is 11.0 Å². The lowest BCUT2D eigenvalue weighted by molar-refractivity contribution is 0.00575. The van der Waals surface area contributed by atoms with Crippen molar-refractivity contribution < 1.29 is 9.53 Å². The van der Waals surface area contributed by atoms with Gasteiger partial charge in [-0.15, -0.1) is 11.3 Å². The summed E-state index contributed by atoms with van der Waals surface area (Å²) in [5.41, 5.74) is 0. The van der Waals surface area contributed by atoms with Crippen molar-refractivity contribution in [2.75, 3.05) is 6.61 Å². The normalized spacial score (nSPS) is 28.3. The highest BCUT2D eigenvalue weighted by Gasteiger charge is 2.25. The predicted molar refractivity (Wildman–Crippen MR) is 78.3 cm³/mol. The smallest absolute Gasteiger partial charge is 0.199 e. The van der Waals surface area contributed by atoms with E-state index in [2.05, 4.69) is 29.8 Å². The molecule has 0 bridgehead atoms. The van der Waals surface area contributed by atoms with Gasteiger partial charge in [-0.2, -0.15) is 0 Å². The highest BCUT2D eigenvalue weighted by molar-refractivity contribution is 9.10. The third kappa shape index (κ3) is 3.65. The zero-order valence-corrected chi connectivity index (χ0v) is 13.2. The van der Waals surface area contributed by atoms with Gasteiger partial charge in [-0.3, -0.25) is 4.79 Å². The van der Waals surface area contributed by atoms with Crippen LogP contribution < -0.4 is 0 Å². The molecule has 1 aromatic heterocycles. The Hall–Kier alpha value is -0.190. The molecule has 0 saturated heterocycles. The summed E-state index contributed by atoms with van der Waals surface area (Å²) < 4.78 is 6.68. The minimum atomic E-state index is 0.0859. The molecule has 1 heterocycles. The van der Waals surface area contributed by atoms with Crippen molar-refractivity contribution >= 4 is 33.0 Å². The van der Waals surface area contributed by atoms with Crippen LogP contribution in [0.25, 0.3) is 0 Å². The molecule has 2 nitrogen and oxygen atoms in total. The monoisotopic (exact) mass is 330 g/mol. The molecular weight excluding hydrogens is 312 g/mol. The van der Waals surface area contributed by atoms with Crippen LogP contribution in [0.3, 0.4) is 0 Å². The first-order chi connectivity index (χ1) is 8.56. The molecule has 0 spiro atoms. The second-order valence-electron chi connectivity index (χ2n) is 5.37. The third-order valence-corrected chi connectivity index (χ3v) is 5.33. The summed E-state index contributed by atoms with van der Waals surface area (Å²) in [6.45, 7) is 4.75. The average molecular weight is 331 g/mol. The van der Waals surface area contributed by atoms with Gasteiger partial charge in [-0.05, 0) is 58.5 Å². The lowest BCUT2D eigenvalue weighted by Crippen LogP contribution is -2.28. The SMILES string of the molecule is CC1CC(C)CC(OCC(=O)c2sccc2Br)C1. The van der Waals surface area contributed by atoms with Gasteiger partial charge in [-0.25, -0.2) is 0 Å². The Kier molecular flexibility index (Phi) is 4.98. The summed E-state index contributed by atoms with van der Waals surface area (Å²) in [7, 11) is 0. The van der Waals surface area contributed by atoms with Crippen molar-refractivity contribution in [3.05, 3.63) is 20.8 Å². The van der Waals surface area contributed by atoms with E-state index in [0.717, 1.165) is 22.2 Å². The van der Waals surface area contributed by atoms with E-state index in [1.54, 1.807) is 0 Å². The number of hydrogen-bond acceptors (Lipinski definition) is 3. The molecule has 0 amide bonds. The first kappa shape index (κ1) is 14.2. The first-order valence-electron chi connectivity index (χ1n) is 6.44. The molecule has 100 valence electrons. The van der Waals surface area contributed by atoms with Crippen LogP contribution in [-0.4, -0.2) is 18.5 Å². The number of rotatable bonds is 4. The molecule has 4 heteroatoms. The largest absolute Gasteiger partial charge is 0.370 e. The number of ether oxygens (including phenoxy) is 1. The van der Waals surface area contributed by atoms with Crippen molar-refractivity contribution in [3.8, 4) is 0 Å². The molecule has 0 radical (unpaired) electrons. The molecule has 1 aliphatic rings. The highest BCUT2D eigenvalue weighted by Crippen LogP contribution is 2.30. The fourth-order valence-electron chi connectivity index (χ4n) is 2.76. The Morgan fingerprint density at radius 3 is 2.61 bits per heavy atom. The summed E-state index contributed by atoms with van der Waals surface area (Å²) in [5.74, 6) is 1.51. The van der Waals surface area contributed by atoms with Crippen LogP contribution in [0.5, 0.6) is 0 Å². The van der Waals surface area contributed by atoms with E-state index in [-0.39, 0.29) is 18.5 Å². The van der Waals surface area contributed by atoms with E-state index in [1.807, 2.05) is 11.4 Å². The van der Waals surface area contributed by atoms with E-state index in [4.69, 9.17) is 4.74 Å². The van der Waals surface area contributed by atoms with E-state index >= 15 is 0 Å². The Morgan fingerprint density at radius 1 is 1.39 bits per heavy atom. The van der Waals surface area contributed by atoms with Crippen LogP contribution in [0.15, 0.2) is 15.9 Å². The Morgan fingerprint density at radius 2 is 2.06 bits per heavy atom. The molecule has 18 heavy (non-hydrogen) atoms. The number of Topliss-reactive ketones (excluding diaryl/α,β-unsaturated/α-hetero) is 1. The third-order valence-electron chi connectivity index (χ3n) is 3.46. The van der Waals surface area contributed by atoms with Gasteiger partial charge in [0.1, 0.15) is 6.61 Å². The average Bonchev–Trinajstić information content (AvgIpc) is 2.71. The van der Waals surface area contributed by atoms with Gasteiger partial charge in [0, 0.05) is 4.47 Å². The molecule has 1 aliphatic carbocycles. The van der Waals surface area contributed by atoms with Gasteiger partial charge in [-0.1, -0.05) is 13.8 Å². The predicted octanol–water partition coefficient (Wildman–Crippen LogP) is 4.53. The van der Waals surface area contributed by atoms with Crippen LogP contribution in [0, 0.1) is 11.8 Å². The fraction of sp³-hybridized carbons (Fsp3) is 0.643.